The topological polar surface area (TPSA) is 149 Å². The number of amides is 2. The van der Waals surface area contributed by atoms with E-state index in [4.69, 9.17) is 35.3 Å². The number of rotatable bonds is 15. The van der Waals surface area contributed by atoms with Gasteiger partial charge in [0.15, 0.2) is 29.2 Å². The first-order chi connectivity index (χ1) is 22.6. The maximum absolute atomic E-state index is 12.5. The molecule has 2 atom stereocenters. The number of aliphatic hydroxyl groups is 1. The van der Waals surface area contributed by atoms with Gasteiger partial charge in [0, 0.05) is 10.7 Å². The van der Waals surface area contributed by atoms with E-state index in [-0.39, 0.29) is 12.2 Å². The van der Waals surface area contributed by atoms with E-state index in [9.17, 15) is 14.7 Å². The van der Waals surface area contributed by atoms with Gasteiger partial charge in [-0.3, -0.25) is 5.43 Å². The zero-order chi connectivity index (χ0) is 33.9. The van der Waals surface area contributed by atoms with Gasteiger partial charge in [0.05, 0.1) is 41.7 Å². The lowest BCUT2D eigenvalue weighted by Gasteiger charge is -2.28. The molecule has 1 aliphatic heterocycles. The number of ether oxygens (including phenoxy) is 5. The van der Waals surface area contributed by atoms with Crippen molar-refractivity contribution in [2.75, 3.05) is 26.9 Å². The van der Waals surface area contributed by atoms with Crippen LogP contribution in [0.25, 0.3) is 0 Å². The molecule has 1 aliphatic rings. The van der Waals surface area contributed by atoms with E-state index in [0.717, 1.165) is 14.7 Å². The first kappa shape index (κ1) is 35.6. The molecule has 0 bridgehead atoms. The number of carbonyl (C=O) groups is 2. The van der Waals surface area contributed by atoms with E-state index >= 15 is 0 Å². The fraction of sp³-hybridized carbons (Fsp3) is 0.303. The minimum Gasteiger partial charge on any atom is -0.490 e. The Morgan fingerprint density at radius 1 is 1.04 bits per heavy atom. The van der Waals surface area contributed by atoms with Gasteiger partial charge in [-0.1, -0.05) is 29.8 Å². The van der Waals surface area contributed by atoms with Crippen LogP contribution in [0, 0.1) is 3.57 Å². The number of nitrogens with zero attached hydrogens (tertiary/aromatic N) is 1. The largest absolute Gasteiger partial charge is 0.490 e. The first-order valence-corrected chi connectivity index (χ1v) is 16.1. The molecule has 1 heterocycles. The normalized spacial score (nSPS) is 15.0. The molecule has 0 saturated carbocycles. The van der Waals surface area contributed by atoms with Crippen molar-refractivity contribution in [2.45, 2.75) is 39.6 Å². The van der Waals surface area contributed by atoms with Crippen LogP contribution in [-0.2, 0) is 16.1 Å². The molecule has 14 heteroatoms. The molecule has 0 radical (unpaired) electrons. The minimum absolute atomic E-state index is 0.160. The summed E-state index contributed by atoms with van der Waals surface area (Å²) >= 11 is 8.16. The number of urea groups is 1. The first-order valence-electron chi connectivity index (χ1n) is 14.7. The minimum atomic E-state index is -1.16. The SMILES string of the molecule is CCOc1cc([C@H]2NC(=O)NC(C)=C2C(=O)OC)ccc1OC[C@@H](O)N/N=C/c1cc(I)c(OCc2ccc(Cl)cc2)c(OCC)c1. The number of aliphatic hydroxyl groups excluding tert-OH is 1. The number of nitrogens with one attached hydrogen (secondary N) is 3. The molecular formula is C33H36ClIN4O8. The Morgan fingerprint density at radius 2 is 1.77 bits per heavy atom. The van der Waals surface area contributed by atoms with Gasteiger partial charge in [-0.25, -0.2) is 9.59 Å². The monoisotopic (exact) mass is 778 g/mol. The van der Waals surface area contributed by atoms with Crippen molar-refractivity contribution < 1.29 is 38.4 Å². The zero-order valence-electron chi connectivity index (χ0n) is 26.3. The van der Waals surface area contributed by atoms with E-state index in [1.54, 1.807) is 37.4 Å². The maximum Gasteiger partial charge on any atom is 0.337 e. The lowest BCUT2D eigenvalue weighted by Crippen LogP contribution is -2.45. The fourth-order valence-corrected chi connectivity index (χ4v) is 5.53. The van der Waals surface area contributed by atoms with Gasteiger partial charge in [-0.05, 0) is 96.5 Å². The predicted octanol–water partition coefficient (Wildman–Crippen LogP) is 5.44. The molecule has 0 aromatic heterocycles. The van der Waals surface area contributed by atoms with Gasteiger partial charge >= 0.3 is 12.0 Å². The van der Waals surface area contributed by atoms with Crippen molar-refractivity contribution in [1.82, 2.24) is 16.1 Å². The van der Waals surface area contributed by atoms with Crippen LogP contribution < -0.4 is 35.0 Å². The van der Waals surface area contributed by atoms with E-state index in [1.165, 1.54) is 7.11 Å². The Kier molecular flexibility index (Phi) is 13.0. The number of methoxy groups -OCH3 is 1. The molecular weight excluding hydrogens is 743 g/mol. The lowest BCUT2D eigenvalue weighted by atomic mass is 9.95. The van der Waals surface area contributed by atoms with E-state index in [1.807, 2.05) is 44.2 Å². The summed E-state index contributed by atoms with van der Waals surface area (Å²) in [5, 5.41) is 20.7. The Balaban J connectivity index is 1.40. The molecule has 3 aromatic rings. The van der Waals surface area contributed by atoms with E-state index < -0.39 is 24.3 Å². The standard InChI is InChI=1S/C33H36ClIN4O8/c1-5-44-26-15-22(30-29(32(41)43-4)19(3)37-33(42)38-30)9-12-25(26)46-18-28(40)39-36-16-21-13-24(35)31(27(14-21)45-6-2)47-17-20-7-10-23(34)11-8-20/h7-16,28,30,39-40H,5-6,17-18H2,1-4H3,(H2,37,38,42)/b36-16+/t28-,30-/m1/s1. The molecule has 47 heavy (non-hydrogen) atoms. The Labute approximate surface area is 291 Å². The third-order valence-electron chi connectivity index (χ3n) is 6.74. The third-order valence-corrected chi connectivity index (χ3v) is 7.79. The molecule has 0 fully saturated rings. The highest BCUT2D eigenvalue weighted by atomic mass is 127. The van der Waals surface area contributed by atoms with E-state index in [0.29, 0.717) is 59.1 Å². The Bertz CT molecular complexity index is 1630. The highest BCUT2D eigenvalue weighted by Crippen LogP contribution is 2.36. The van der Waals surface area contributed by atoms with Crippen molar-refractivity contribution >= 4 is 52.4 Å². The van der Waals surface area contributed by atoms with Crippen LogP contribution in [0.5, 0.6) is 23.0 Å². The number of hydrazone groups is 1. The zero-order valence-corrected chi connectivity index (χ0v) is 29.2. The Morgan fingerprint density at radius 3 is 2.47 bits per heavy atom. The van der Waals surface area contributed by atoms with Crippen LogP contribution in [0.2, 0.25) is 5.02 Å². The second-order valence-corrected chi connectivity index (χ2v) is 11.7. The van der Waals surface area contributed by atoms with Crippen molar-refractivity contribution in [3.63, 3.8) is 0 Å². The molecule has 0 aliphatic carbocycles. The summed E-state index contributed by atoms with van der Waals surface area (Å²) in [5.41, 5.74) is 5.59. The molecule has 12 nitrogen and oxygen atoms in total. The lowest BCUT2D eigenvalue weighted by molar-refractivity contribution is -0.136. The van der Waals surface area contributed by atoms with Gasteiger partial charge in [-0.2, -0.15) is 5.10 Å². The number of hydrogen-bond donors (Lipinski definition) is 4. The quantitative estimate of drug-likeness (QED) is 0.0521. The number of allylic oxidation sites excluding steroid dienone is 1. The van der Waals surface area contributed by atoms with Crippen molar-refractivity contribution in [3.05, 3.63) is 91.2 Å². The average molecular weight is 779 g/mol. The number of carbonyl (C=O) groups excluding carboxylic acids is 2. The molecule has 0 spiro atoms. The summed E-state index contributed by atoms with van der Waals surface area (Å²) in [7, 11) is 1.27. The number of benzene rings is 3. The average Bonchev–Trinajstić information content (AvgIpc) is 3.04. The molecule has 0 unspecified atom stereocenters. The highest BCUT2D eigenvalue weighted by Gasteiger charge is 2.32. The summed E-state index contributed by atoms with van der Waals surface area (Å²) in [5.74, 6) is 1.33. The van der Waals surface area contributed by atoms with Crippen molar-refractivity contribution in [3.8, 4) is 23.0 Å². The van der Waals surface area contributed by atoms with Crippen LogP contribution in [0.1, 0.15) is 43.5 Å². The second kappa shape index (κ2) is 17.1. The predicted molar refractivity (Wildman–Crippen MR) is 185 cm³/mol. The summed E-state index contributed by atoms with van der Waals surface area (Å²) in [4.78, 5) is 24.7. The molecule has 4 rings (SSSR count). The smallest absolute Gasteiger partial charge is 0.337 e. The van der Waals surface area contributed by atoms with Crippen molar-refractivity contribution in [1.29, 1.82) is 0 Å². The van der Waals surface area contributed by atoms with Gasteiger partial charge in [0.1, 0.15) is 13.2 Å². The number of hydrogen-bond acceptors (Lipinski definition) is 10. The van der Waals surface area contributed by atoms with Gasteiger partial charge in [0.25, 0.3) is 0 Å². The summed E-state index contributed by atoms with van der Waals surface area (Å²) in [6.07, 6.45) is 0.395. The van der Waals surface area contributed by atoms with Crippen LogP contribution in [0.15, 0.2) is 71.0 Å². The van der Waals surface area contributed by atoms with Crippen LogP contribution >= 0.6 is 34.2 Å². The van der Waals surface area contributed by atoms with Gasteiger partial charge < -0.3 is 39.4 Å². The summed E-state index contributed by atoms with van der Waals surface area (Å²) in [6, 6.07) is 14.9. The van der Waals surface area contributed by atoms with Gasteiger partial charge in [-0.15, -0.1) is 0 Å². The van der Waals surface area contributed by atoms with Crippen LogP contribution in [0.3, 0.4) is 0 Å². The van der Waals surface area contributed by atoms with Crippen molar-refractivity contribution in [2.24, 2.45) is 5.10 Å². The third kappa shape index (κ3) is 9.65. The molecule has 0 saturated heterocycles. The summed E-state index contributed by atoms with van der Waals surface area (Å²) in [6.45, 7) is 6.30. The van der Waals surface area contributed by atoms with Crippen LogP contribution in [-0.4, -0.2) is 56.5 Å². The number of esters is 1. The maximum atomic E-state index is 12.5. The highest BCUT2D eigenvalue weighted by molar-refractivity contribution is 14.1. The van der Waals surface area contributed by atoms with Crippen LogP contribution in [0.4, 0.5) is 4.79 Å². The number of halogens is 2. The Hall–Kier alpha value is -4.21. The van der Waals surface area contributed by atoms with E-state index in [2.05, 4.69) is 43.8 Å². The molecule has 4 N–H and O–H groups in total. The molecule has 3 aromatic carbocycles. The summed E-state index contributed by atoms with van der Waals surface area (Å²) < 4.78 is 29.3. The fourth-order valence-electron chi connectivity index (χ4n) is 4.62. The van der Waals surface area contributed by atoms with Gasteiger partial charge in [0.2, 0.25) is 0 Å². The molecule has 2 amide bonds. The second-order valence-electron chi connectivity index (χ2n) is 10.1. The molecule has 250 valence electrons.